The van der Waals surface area contributed by atoms with Crippen LogP contribution in [0, 0.1) is 5.82 Å². The van der Waals surface area contributed by atoms with E-state index in [0.717, 1.165) is 6.26 Å². The summed E-state index contributed by atoms with van der Waals surface area (Å²) in [4.78, 5) is 42.8. The molecule has 2 aromatic carbocycles. The van der Waals surface area contributed by atoms with Gasteiger partial charge in [-0.25, -0.2) is 12.8 Å². The van der Waals surface area contributed by atoms with Crippen molar-refractivity contribution in [2.75, 3.05) is 19.3 Å². The molecule has 10 nitrogen and oxygen atoms in total. The van der Waals surface area contributed by atoms with E-state index in [0.29, 0.717) is 42.1 Å². The molecule has 0 saturated carbocycles. The molecule has 5 rings (SSSR count). The number of morpholine rings is 1. The molecule has 3 aliphatic rings. The molecule has 13 heteroatoms. The Morgan fingerprint density at radius 3 is 2.52 bits per heavy atom. The first kappa shape index (κ1) is 33.6. The third-order valence-electron chi connectivity index (χ3n) is 8.37. The average molecular weight is 674 g/mol. The summed E-state index contributed by atoms with van der Waals surface area (Å²) in [6.45, 7) is 5.85. The number of sulfonamides is 1. The summed E-state index contributed by atoms with van der Waals surface area (Å²) in [5.74, 6) is -1.87. The molecule has 3 amide bonds. The molecule has 0 spiro atoms. The van der Waals surface area contributed by atoms with Crippen LogP contribution in [0.3, 0.4) is 0 Å². The molecule has 0 radical (unpaired) electrons. The summed E-state index contributed by atoms with van der Waals surface area (Å²) in [6, 6.07) is 10.5. The largest absolute Gasteiger partial charge is 0.480 e. The Hall–Kier alpha value is -3.74. The van der Waals surface area contributed by atoms with Crippen molar-refractivity contribution in [1.82, 2.24) is 14.5 Å². The number of para-hydroxylation sites is 1. The number of nitrogens with one attached hydrogen (secondary N) is 1. The van der Waals surface area contributed by atoms with Crippen LogP contribution in [-0.4, -0.2) is 85.2 Å². The summed E-state index contributed by atoms with van der Waals surface area (Å²) in [5.41, 5.74) is -0.215. The van der Waals surface area contributed by atoms with E-state index in [1.807, 2.05) is 21.8 Å². The zero-order chi connectivity index (χ0) is 33.4. The highest BCUT2D eigenvalue weighted by Gasteiger charge is 2.49. The van der Waals surface area contributed by atoms with Crippen LogP contribution in [0.5, 0.6) is 5.75 Å². The first-order chi connectivity index (χ1) is 21.7. The van der Waals surface area contributed by atoms with Gasteiger partial charge in [0.15, 0.2) is 6.10 Å². The molecule has 246 valence electrons. The number of carbonyl (C=O) groups is 3. The lowest BCUT2D eigenvalue weighted by Crippen LogP contribution is -2.65. The van der Waals surface area contributed by atoms with Crippen molar-refractivity contribution in [2.24, 2.45) is 0 Å². The van der Waals surface area contributed by atoms with Crippen LogP contribution >= 0.6 is 11.6 Å². The number of likely N-dealkylation sites (tertiary alicyclic amines) is 1. The second kappa shape index (κ2) is 13.2. The van der Waals surface area contributed by atoms with Gasteiger partial charge in [-0.05, 0) is 69.0 Å². The SMILES string of the molecule is CC[C@@H](Oc1ccccc1-c1ccc(C(=O)N2CCC(N3C(=O)C(C)(C)OC4C=CC(Cl)=CC43)CC2)c(F)c1)C(=O)NS(C)(=O)=O. The Morgan fingerprint density at radius 2 is 1.87 bits per heavy atom. The lowest BCUT2D eigenvalue weighted by Gasteiger charge is -2.51. The molecule has 1 aliphatic carbocycles. The van der Waals surface area contributed by atoms with E-state index in [1.165, 1.54) is 12.1 Å². The molecule has 2 aromatic rings. The van der Waals surface area contributed by atoms with Gasteiger partial charge >= 0.3 is 0 Å². The van der Waals surface area contributed by atoms with Gasteiger partial charge in [0.25, 0.3) is 17.7 Å². The molecule has 2 heterocycles. The van der Waals surface area contributed by atoms with Crippen molar-refractivity contribution < 1.29 is 36.7 Å². The maximum atomic E-state index is 15.5. The Labute approximate surface area is 273 Å². The fraction of sp³-hybridized carbons (Fsp3) is 0.424. The van der Waals surface area contributed by atoms with E-state index < -0.39 is 39.4 Å². The molecule has 2 fully saturated rings. The normalized spacial score (nSPS) is 22.1. The monoisotopic (exact) mass is 673 g/mol. The summed E-state index contributed by atoms with van der Waals surface area (Å²) in [5, 5.41) is 0.533. The summed E-state index contributed by atoms with van der Waals surface area (Å²) in [7, 11) is -3.78. The van der Waals surface area contributed by atoms with E-state index in [-0.39, 0.29) is 41.8 Å². The summed E-state index contributed by atoms with van der Waals surface area (Å²) < 4.78 is 52.5. The molecule has 2 saturated heterocycles. The number of ether oxygens (including phenoxy) is 2. The molecule has 2 unspecified atom stereocenters. The molecule has 46 heavy (non-hydrogen) atoms. The van der Waals surface area contributed by atoms with Gasteiger partial charge in [0.1, 0.15) is 23.3 Å². The highest BCUT2D eigenvalue weighted by atomic mass is 35.5. The third-order valence-corrected chi connectivity index (χ3v) is 9.20. The Bertz CT molecular complexity index is 1700. The number of hydrogen-bond donors (Lipinski definition) is 1. The number of halogens is 2. The van der Waals surface area contributed by atoms with Crippen LogP contribution in [0.2, 0.25) is 0 Å². The number of hydrogen-bond acceptors (Lipinski definition) is 7. The zero-order valence-corrected chi connectivity index (χ0v) is 27.6. The number of nitrogens with zero attached hydrogens (tertiary/aromatic N) is 2. The molecular weight excluding hydrogens is 637 g/mol. The number of carbonyl (C=O) groups excluding carboxylic acids is 3. The van der Waals surface area contributed by atoms with Crippen molar-refractivity contribution >= 4 is 39.3 Å². The van der Waals surface area contributed by atoms with Gasteiger partial charge in [0.2, 0.25) is 10.0 Å². The average Bonchev–Trinajstić information content (AvgIpc) is 3.00. The molecular formula is C33H37ClFN3O7S. The van der Waals surface area contributed by atoms with E-state index in [2.05, 4.69) is 0 Å². The minimum atomic E-state index is -3.78. The van der Waals surface area contributed by atoms with Gasteiger partial charge < -0.3 is 19.3 Å². The number of piperidine rings is 1. The van der Waals surface area contributed by atoms with Crippen molar-refractivity contribution in [3.63, 3.8) is 0 Å². The minimum Gasteiger partial charge on any atom is -0.480 e. The van der Waals surface area contributed by atoms with Crippen molar-refractivity contribution in [1.29, 1.82) is 0 Å². The van der Waals surface area contributed by atoms with Crippen molar-refractivity contribution in [3.8, 4) is 16.9 Å². The maximum Gasteiger partial charge on any atom is 0.274 e. The van der Waals surface area contributed by atoms with Gasteiger partial charge in [-0.15, -0.1) is 0 Å². The van der Waals surface area contributed by atoms with Gasteiger partial charge in [-0.3, -0.25) is 19.1 Å². The van der Waals surface area contributed by atoms with Gasteiger partial charge in [0, 0.05) is 29.7 Å². The fourth-order valence-corrected chi connectivity index (χ4v) is 6.81. The van der Waals surface area contributed by atoms with E-state index in [4.69, 9.17) is 21.1 Å². The second-order valence-corrected chi connectivity index (χ2v) is 14.4. The van der Waals surface area contributed by atoms with Crippen LogP contribution in [-0.2, 0) is 24.3 Å². The number of allylic oxidation sites excluding steroid dienone is 2. The molecule has 1 N–H and O–H groups in total. The first-order valence-electron chi connectivity index (χ1n) is 15.1. The summed E-state index contributed by atoms with van der Waals surface area (Å²) >= 11 is 6.28. The topological polar surface area (TPSA) is 122 Å². The number of benzene rings is 2. The maximum absolute atomic E-state index is 15.5. The Balaban J connectivity index is 1.29. The van der Waals surface area contributed by atoms with Crippen LogP contribution in [0.4, 0.5) is 4.39 Å². The molecule has 0 aromatic heterocycles. The van der Waals surface area contributed by atoms with Gasteiger partial charge in [-0.2, -0.15) is 0 Å². The second-order valence-electron chi connectivity index (χ2n) is 12.2. The lowest BCUT2D eigenvalue weighted by atomic mass is 9.90. The van der Waals surface area contributed by atoms with Gasteiger partial charge in [-0.1, -0.05) is 48.9 Å². The lowest BCUT2D eigenvalue weighted by molar-refractivity contribution is -0.186. The first-order valence-corrected chi connectivity index (χ1v) is 17.4. The number of rotatable bonds is 8. The molecule has 3 atom stereocenters. The highest BCUT2D eigenvalue weighted by molar-refractivity contribution is 7.89. The van der Waals surface area contributed by atoms with Crippen LogP contribution < -0.4 is 9.46 Å². The third kappa shape index (κ3) is 7.13. The number of fused-ring (bicyclic) bond motifs is 1. The van der Waals surface area contributed by atoms with Gasteiger partial charge in [0.05, 0.1) is 17.9 Å². The van der Waals surface area contributed by atoms with Crippen LogP contribution in [0.1, 0.15) is 50.4 Å². The minimum absolute atomic E-state index is 0.0876. The molecule has 2 aliphatic heterocycles. The quantitative estimate of drug-likeness (QED) is 0.441. The Morgan fingerprint density at radius 1 is 1.17 bits per heavy atom. The Kier molecular flexibility index (Phi) is 9.63. The van der Waals surface area contributed by atoms with Crippen LogP contribution in [0.15, 0.2) is 65.7 Å². The van der Waals surface area contributed by atoms with E-state index in [1.54, 1.807) is 62.1 Å². The highest BCUT2D eigenvalue weighted by Crippen LogP contribution is 2.36. The van der Waals surface area contributed by atoms with E-state index >= 15 is 4.39 Å². The zero-order valence-electron chi connectivity index (χ0n) is 26.0. The van der Waals surface area contributed by atoms with Crippen molar-refractivity contribution in [3.05, 3.63) is 77.1 Å². The standard InChI is InChI=1S/C33H37ClFN3O7S/c1-5-27(30(39)36-46(4,42)43)44-28-9-7-6-8-23(28)20-10-12-24(25(35)18-20)31(40)37-16-14-22(15-17-37)38-26-19-21(34)11-13-29(26)45-33(2,3)32(38)41/h6-13,18-19,22,26-27,29H,5,14-17H2,1-4H3,(H,36,39)/t26?,27-,29?/m1/s1. The van der Waals surface area contributed by atoms with Crippen LogP contribution in [0.25, 0.3) is 11.1 Å². The molecule has 0 bridgehead atoms. The smallest absolute Gasteiger partial charge is 0.274 e. The fourth-order valence-electron chi connectivity index (χ4n) is 6.11. The van der Waals surface area contributed by atoms with Crippen molar-refractivity contribution in [2.45, 2.75) is 69.9 Å². The predicted molar refractivity (Wildman–Crippen MR) is 171 cm³/mol. The summed E-state index contributed by atoms with van der Waals surface area (Å²) in [6.07, 6.45) is 6.13. The van der Waals surface area contributed by atoms with E-state index in [9.17, 15) is 22.8 Å². The number of amides is 3. The predicted octanol–water partition coefficient (Wildman–Crippen LogP) is 4.40.